The molecule has 1 aromatic carbocycles. The van der Waals surface area contributed by atoms with E-state index in [0.29, 0.717) is 11.1 Å². The van der Waals surface area contributed by atoms with Gasteiger partial charge in [-0.1, -0.05) is 26.8 Å². The fourth-order valence-corrected chi connectivity index (χ4v) is 2.53. The highest BCUT2D eigenvalue weighted by molar-refractivity contribution is 7.95. The summed E-state index contributed by atoms with van der Waals surface area (Å²) in [6.45, 7) is 5.73. The predicted molar refractivity (Wildman–Crippen MR) is 79.8 cm³/mol. The van der Waals surface area contributed by atoms with Crippen molar-refractivity contribution in [3.63, 3.8) is 0 Å². The van der Waals surface area contributed by atoms with Gasteiger partial charge in [0.15, 0.2) is 0 Å². The Morgan fingerprint density at radius 3 is 2.43 bits per heavy atom. The van der Waals surface area contributed by atoms with Gasteiger partial charge in [-0.3, -0.25) is 0 Å². The molecule has 0 aliphatic carbocycles. The van der Waals surface area contributed by atoms with E-state index in [0.717, 1.165) is 0 Å². The second kappa shape index (κ2) is 5.99. The van der Waals surface area contributed by atoms with Crippen LogP contribution in [0.4, 0.5) is 0 Å². The van der Waals surface area contributed by atoms with Gasteiger partial charge >= 0.3 is 0 Å². The molecule has 1 rings (SSSR count). The van der Waals surface area contributed by atoms with Crippen molar-refractivity contribution < 1.29 is 13.5 Å². The van der Waals surface area contributed by atoms with Crippen molar-refractivity contribution in [3.05, 3.63) is 34.2 Å². The number of hydrogen-bond donors (Lipinski definition) is 1. The molecule has 0 aromatic heterocycles. The van der Waals surface area contributed by atoms with Crippen molar-refractivity contribution >= 4 is 15.9 Å². The highest BCUT2D eigenvalue weighted by atomic mass is 32.2. The lowest BCUT2D eigenvalue weighted by Gasteiger charge is -2.20. The van der Waals surface area contributed by atoms with Crippen molar-refractivity contribution in [2.24, 2.45) is 0 Å². The Balaban J connectivity index is 3.40. The molecule has 0 radical (unpaired) electrons. The number of benzene rings is 1. The number of sulfone groups is 1. The lowest BCUT2D eigenvalue weighted by Crippen LogP contribution is -2.11. The van der Waals surface area contributed by atoms with E-state index in [9.17, 15) is 13.5 Å². The number of aromatic hydroxyl groups is 1. The molecule has 110 valence electrons. The topological polar surface area (TPSA) is 102 Å². The second-order valence-corrected chi connectivity index (χ2v) is 7.52. The van der Waals surface area contributed by atoms with Crippen molar-refractivity contribution in [1.29, 1.82) is 10.5 Å². The molecule has 0 heterocycles. The Hall–Kier alpha value is -2.31. The first-order valence-electron chi connectivity index (χ1n) is 6.17. The average molecular weight is 304 g/mol. The van der Waals surface area contributed by atoms with Crippen LogP contribution in [0.15, 0.2) is 23.1 Å². The Morgan fingerprint density at radius 1 is 1.33 bits per heavy atom. The van der Waals surface area contributed by atoms with Gasteiger partial charge in [-0.05, 0) is 34.8 Å². The number of phenolic OH excluding ortho intramolecular Hbond substituents is 1. The molecular formula is C15H16N2O3S. The van der Waals surface area contributed by atoms with Crippen molar-refractivity contribution in [2.75, 3.05) is 5.75 Å². The zero-order valence-electron chi connectivity index (χ0n) is 12.1. The minimum Gasteiger partial charge on any atom is -0.508 e. The minimum absolute atomic E-state index is 0.109. The molecule has 0 fully saturated rings. The Kier molecular flexibility index (Phi) is 4.77. The van der Waals surface area contributed by atoms with Gasteiger partial charge in [0.05, 0.1) is 6.07 Å². The molecule has 0 spiro atoms. The quantitative estimate of drug-likeness (QED) is 0.864. The van der Waals surface area contributed by atoms with Crippen molar-refractivity contribution in [1.82, 2.24) is 0 Å². The first kappa shape index (κ1) is 16.7. The first-order valence-corrected chi connectivity index (χ1v) is 7.82. The molecule has 21 heavy (non-hydrogen) atoms. The fourth-order valence-electron chi connectivity index (χ4n) is 1.75. The summed E-state index contributed by atoms with van der Waals surface area (Å²) in [7, 11) is -3.90. The van der Waals surface area contributed by atoms with Gasteiger partial charge in [0.1, 0.15) is 22.5 Å². The summed E-state index contributed by atoms with van der Waals surface area (Å²) in [5.74, 6) is -0.630. The van der Waals surface area contributed by atoms with Gasteiger partial charge in [-0.15, -0.1) is 0 Å². The Morgan fingerprint density at radius 2 is 1.95 bits per heavy atom. The van der Waals surface area contributed by atoms with Crippen LogP contribution in [0, 0.1) is 22.7 Å². The summed E-state index contributed by atoms with van der Waals surface area (Å²) in [4.78, 5) is -0.463. The molecule has 0 unspecified atom stereocenters. The number of hydrogen-bond acceptors (Lipinski definition) is 5. The van der Waals surface area contributed by atoms with Crippen molar-refractivity contribution in [2.45, 2.75) is 26.2 Å². The number of nitrogens with zero attached hydrogens (tertiary/aromatic N) is 2. The standard InChI is InChI=1S/C15H16N2O3S/c1-15(2,3)13-9-11(4-5-14(13)18)8-12(10-17)21(19,20)7-6-16/h4-5,8-9,18H,7H2,1-3H3/b12-8-. The third-order valence-electron chi connectivity index (χ3n) is 2.83. The summed E-state index contributed by atoms with van der Waals surface area (Å²) in [5.41, 5.74) is 0.800. The van der Waals surface area contributed by atoms with Gasteiger partial charge < -0.3 is 5.11 Å². The van der Waals surface area contributed by atoms with Gasteiger partial charge in [0.2, 0.25) is 9.84 Å². The van der Waals surface area contributed by atoms with Gasteiger partial charge in [-0.2, -0.15) is 10.5 Å². The fraction of sp³-hybridized carbons (Fsp3) is 0.333. The van der Waals surface area contributed by atoms with Crippen LogP contribution in [0.25, 0.3) is 6.08 Å². The number of rotatable bonds is 3. The summed E-state index contributed by atoms with van der Waals surface area (Å²) in [5, 5.41) is 27.3. The van der Waals surface area contributed by atoms with Crippen LogP contribution in [0.3, 0.4) is 0 Å². The van der Waals surface area contributed by atoms with E-state index in [2.05, 4.69) is 0 Å². The maximum Gasteiger partial charge on any atom is 0.201 e. The van der Waals surface area contributed by atoms with Crippen LogP contribution >= 0.6 is 0 Å². The zero-order chi connectivity index (χ0) is 16.3. The molecule has 5 nitrogen and oxygen atoms in total. The molecule has 1 N–H and O–H groups in total. The van der Waals surface area contributed by atoms with Gasteiger partial charge in [0.25, 0.3) is 0 Å². The van der Waals surface area contributed by atoms with E-state index in [1.807, 2.05) is 20.8 Å². The average Bonchev–Trinajstić information content (AvgIpc) is 2.35. The first-order chi connectivity index (χ1) is 9.61. The van der Waals surface area contributed by atoms with E-state index in [1.54, 1.807) is 12.1 Å². The van der Waals surface area contributed by atoms with E-state index in [1.165, 1.54) is 24.3 Å². The maximum atomic E-state index is 11.8. The molecule has 0 bridgehead atoms. The van der Waals surface area contributed by atoms with Crippen LogP contribution in [0.5, 0.6) is 5.75 Å². The molecule has 0 saturated heterocycles. The normalized spacial score (nSPS) is 12.5. The summed E-state index contributed by atoms with van der Waals surface area (Å²) in [6.07, 6.45) is 1.21. The molecule has 0 amide bonds. The van der Waals surface area contributed by atoms with E-state index in [4.69, 9.17) is 10.5 Å². The summed E-state index contributed by atoms with van der Waals surface area (Å²) in [6, 6.07) is 7.75. The number of allylic oxidation sites excluding steroid dienone is 1. The maximum absolute atomic E-state index is 11.8. The second-order valence-electron chi connectivity index (χ2n) is 5.56. The molecule has 0 aliphatic heterocycles. The van der Waals surface area contributed by atoms with Crippen LogP contribution in [-0.4, -0.2) is 19.3 Å². The molecule has 0 aliphatic rings. The van der Waals surface area contributed by atoms with E-state index < -0.39 is 20.5 Å². The SMILES string of the molecule is CC(C)(C)c1cc(/C=C(/C#N)S(=O)(=O)CC#N)ccc1O. The molecule has 1 aromatic rings. The summed E-state index contributed by atoms with van der Waals surface area (Å²) < 4.78 is 23.5. The molecule has 6 heteroatoms. The van der Waals surface area contributed by atoms with E-state index in [-0.39, 0.29) is 11.2 Å². The monoisotopic (exact) mass is 304 g/mol. The number of phenols is 1. The molecule has 0 saturated carbocycles. The van der Waals surface area contributed by atoms with Gasteiger partial charge in [-0.25, -0.2) is 8.42 Å². The van der Waals surface area contributed by atoms with Crippen LogP contribution in [0.1, 0.15) is 31.9 Å². The van der Waals surface area contributed by atoms with Crippen molar-refractivity contribution in [3.8, 4) is 17.9 Å². The number of nitriles is 2. The molecule has 0 atom stereocenters. The lowest BCUT2D eigenvalue weighted by molar-refractivity contribution is 0.446. The summed E-state index contributed by atoms with van der Waals surface area (Å²) >= 11 is 0. The smallest absolute Gasteiger partial charge is 0.201 e. The van der Waals surface area contributed by atoms with Crippen LogP contribution < -0.4 is 0 Å². The highest BCUT2D eigenvalue weighted by Crippen LogP contribution is 2.31. The lowest BCUT2D eigenvalue weighted by atomic mass is 9.85. The zero-order valence-corrected chi connectivity index (χ0v) is 12.9. The van der Waals surface area contributed by atoms with Gasteiger partial charge in [0, 0.05) is 0 Å². The third kappa shape index (κ3) is 4.08. The molecular weight excluding hydrogens is 288 g/mol. The van der Waals surface area contributed by atoms with E-state index >= 15 is 0 Å². The Bertz CT molecular complexity index is 758. The van der Waals surface area contributed by atoms with Crippen LogP contribution in [-0.2, 0) is 15.3 Å². The Labute approximate surface area is 124 Å². The third-order valence-corrected chi connectivity index (χ3v) is 4.21. The largest absolute Gasteiger partial charge is 0.508 e. The van der Waals surface area contributed by atoms with Crippen LogP contribution in [0.2, 0.25) is 0 Å². The predicted octanol–water partition coefficient (Wildman–Crippen LogP) is 2.49. The highest BCUT2D eigenvalue weighted by Gasteiger charge is 2.20. The minimum atomic E-state index is -3.90.